The first kappa shape index (κ1) is 16.4. The van der Waals surface area contributed by atoms with Crippen LogP contribution >= 0.6 is 23.2 Å². The summed E-state index contributed by atoms with van der Waals surface area (Å²) in [5, 5.41) is 3.65. The van der Waals surface area contributed by atoms with Crippen LogP contribution in [0.4, 0.5) is 5.69 Å². The molecule has 0 saturated carbocycles. The maximum atomic E-state index is 12.4. The molecule has 7 heteroatoms. The van der Waals surface area contributed by atoms with Gasteiger partial charge >= 0.3 is 0 Å². The lowest BCUT2D eigenvalue weighted by Gasteiger charge is -2.07. The summed E-state index contributed by atoms with van der Waals surface area (Å²) in [5.41, 5.74) is 2.72. The Bertz CT molecular complexity index is 949. The summed E-state index contributed by atoms with van der Waals surface area (Å²) >= 11 is 12.0. The highest BCUT2D eigenvalue weighted by Gasteiger charge is 2.21. The van der Waals surface area contributed by atoms with Crippen molar-refractivity contribution in [1.29, 1.82) is 0 Å². The normalized spacial score (nSPS) is 17.1. The zero-order valence-electron chi connectivity index (χ0n) is 13.2. The van der Waals surface area contributed by atoms with Crippen LogP contribution in [0.1, 0.15) is 35.1 Å². The molecule has 1 amide bonds. The number of anilines is 1. The largest absolute Gasteiger partial charge is 0.370 e. The number of fused-ring (bicyclic) bond motifs is 1. The number of hydrogen-bond donors (Lipinski definition) is 2. The predicted molar refractivity (Wildman–Crippen MR) is 98.4 cm³/mol. The fourth-order valence-electron chi connectivity index (χ4n) is 2.92. The molecule has 0 bridgehead atoms. The molecule has 1 fully saturated rings. The van der Waals surface area contributed by atoms with Crippen LogP contribution in [-0.2, 0) is 4.74 Å². The summed E-state index contributed by atoms with van der Waals surface area (Å²) in [4.78, 5) is 20.3. The highest BCUT2D eigenvalue weighted by Crippen LogP contribution is 2.29. The third kappa shape index (κ3) is 3.35. The number of aromatic nitrogens is 2. The molecule has 1 atom stereocenters. The number of benzene rings is 2. The molecule has 1 aromatic heterocycles. The summed E-state index contributed by atoms with van der Waals surface area (Å²) < 4.78 is 5.66. The molecule has 25 heavy (non-hydrogen) atoms. The number of nitrogens with one attached hydrogen (secondary N) is 2. The van der Waals surface area contributed by atoms with Gasteiger partial charge in [-0.05, 0) is 49.2 Å². The lowest BCUT2D eigenvalue weighted by molar-refractivity contribution is 0.102. The number of nitrogens with zero attached hydrogens (tertiary/aromatic N) is 1. The second-order valence-corrected chi connectivity index (χ2v) is 6.78. The van der Waals surface area contributed by atoms with Crippen molar-refractivity contribution in [3.05, 3.63) is 57.8 Å². The number of imidazole rings is 1. The minimum Gasteiger partial charge on any atom is -0.370 e. The number of carbonyl (C=O) groups is 1. The van der Waals surface area contributed by atoms with Gasteiger partial charge in [-0.3, -0.25) is 4.79 Å². The van der Waals surface area contributed by atoms with Crippen LogP contribution in [0.15, 0.2) is 36.4 Å². The molecule has 1 aliphatic rings. The third-order valence-electron chi connectivity index (χ3n) is 4.17. The number of hydrogen-bond acceptors (Lipinski definition) is 3. The standard InChI is InChI=1S/C18H15Cl2N3O2/c19-10-3-5-12(13(20)8-10)18(24)21-11-4-6-14-15(9-11)23-17(22-14)16-2-1-7-25-16/h3-6,8-9,16H,1-2,7H2,(H,21,24)(H,22,23)/t16-/m1/s1. The number of ether oxygens (including phenoxy) is 1. The van der Waals surface area contributed by atoms with Crippen molar-refractivity contribution in [2.75, 3.05) is 11.9 Å². The number of halogens is 2. The molecule has 5 nitrogen and oxygen atoms in total. The minimum atomic E-state index is -0.292. The average Bonchev–Trinajstić information content (AvgIpc) is 3.23. The number of H-pyrrole nitrogens is 1. The van der Waals surface area contributed by atoms with E-state index in [-0.39, 0.29) is 12.0 Å². The summed E-state index contributed by atoms with van der Waals surface area (Å²) in [7, 11) is 0. The molecule has 1 aliphatic heterocycles. The van der Waals surface area contributed by atoms with E-state index in [0.29, 0.717) is 21.3 Å². The summed E-state index contributed by atoms with van der Waals surface area (Å²) in [6, 6.07) is 10.3. The Morgan fingerprint density at radius 1 is 1.24 bits per heavy atom. The Balaban J connectivity index is 1.57. The molecule has 1 saturated heterocycles. The monoisotopic (exact) mass is 375 g/mol. The Morgan fingerprint density at radius 2 is 2.12 bits per heavy atom. The second kappa shape index (κ2) is 6.67. The molecule has 2 heterocycles. The third-order valence-corrected chi connectivity index (χ3v) is 4.72. The van der Waals surface area contributed by atoms with E-state index >= 15 is 0 Å². The average molecular weight is 376 g/mol. The van der Waals surface area contributed by atoms with Gasteiger partial charge in [0.05, 0.1) is 21.6 Å². The van der Waals surface area contributed by atoms with Crippen molar-refractivity contribution in [2.24, 2.45) is 0 Å². The molecule has 4 rings (SSSR count). The van der Waals surface area contributed by atoms with E-state index < -0.39 is 0 Å². The van der Waals surface area contributed by atoms with E-state index in [1.165, 1.54) is 0 Å². The van der Waals surface area contributed by atoms with Gasteiger partial charge in [0.1, 0.15) is 11.9 Å². The lowest BCUT2D eigenvalue weighted by Crippen LogP contribution is -2.12. The van der Waals surface area contributed by atoms with Crippen molar-refractivity contribution < 1.29 is 9.53 Å². The zero-order valence-corrected chi connectivity index (χ0v) is 14.7. The van der Waals surface area contributed by atoms with Crippen molar-refractivity contribution in [3.63, 3.8) is 0 Å². The maximum absolute atomic E-state index is 12.4. The van der Waals surface area contributed by atoms with E-state index in [0.717, 1.165) is 36.3 Å². The second-order valence-electron chi connectivity index (χ2n) is 5.93. The fourth-order valence-corrected chi connectivity index (χ4v) is 3.42. The molecular formula is C18H15Cl2N3O2. The van der Waals surface area contributed by atoms with Crippen molar-refractivity contribution >= 4 is 45.8 Å². The SMILES string of the molecule is O=C(Nc1ccc2nc([C@H]3CCCO3)[nH]c2c1)c1ccc(Cl)cc1Cl. The first-order valence-electron chi connectivity index (χ1n) is 7.98. The van der Waals surface area contributed by atoms with Crippen molar-refractivity contribution in [3.8, 4) is 0 Å². The number of aromatic amines is 1. The first-order valence-corrected chi connectivity index (χ1v) is 8.73. The van der Waals surface area contributed by atoms with Crippen molar-refractivity contribution in [1.82, 2.24) is 9.97 Å². The van der Waals surface area contributed by atoms with Crippen LogP contribution in [-0.4, -0.2) is 22.5 Å². The molecule has 2 N–H and O–H groups in total. The quantitative estimate of drug-likeness (QED) is 0.678. The van der Waals surface area contributed by atoms with E-state index in [2.05, 4.69) is 15.3 Å². The van der Waals surface area contributed by atoms with Crippen LogP contribution in [0, 0.1) is 0 Å². The number of carbonyl (C=O) groups excluding carboxylic acids is 1. The van der Waals surface area contributed by atoms with Gasteiger partial charge in [-0.15, -0.1) is 0 Å². The maximum Gasteiger partial charge on any atom is 0.257 e. The molecule has 128 valence electrons. The summed E-state index contributed by atoms with van der Waals surface area (Å²) in [5.74, 6) is 0.539. The van der Waals surface area contributed by atoms with Gasteiger partial charge < -0.3 is 15.0 Å². The molecule has 0 unspecified atom stereocenters. The van der Waals surface area contributed by atoms with Gasteiger partial charge in [0.2, 0.25) is 0 Å². The molecule has 0 spiro atoms. The fraction of sp³-hybridized carbons (Fsp3) is 0.222. The molecular weight excluding hydrogens is 361 g/mol. The highest BCUT2D eigenvalue weighted by molar-refractivity contribution is 6.37. The topological polar surface area (TPSA) is 67.0 Å². The Morgan fingerprint density at radius 3 is 2.88 bits per heavy atom. The Hall–Kier alpha value is -2.08. The highest BCUT2D eigenvalue weighted by atomic mass is 35.5. The van der Waals surface area contributed by atoms with E-state index in [1.807, 2.05) is 18.2 Å². The van der Waals surface area contributed by atoms with Crippen LogP contribution in [0.5, 0.6) is 0 Å². The molecule has 0 radical (unpaired) electrons. The zero-order chi connectivity index (χ0) is 17.4. The van der Waals surface area contributed by atoms with Gasteiger partial charge in [0, 0.05) is 17.3 Å². The Kier molecular flexibility index (Phi) is 4.37. The number of amides is 1. The van der Waals surface area contributed by atoms with Gasteiger partial charge in [-0.2, -0.15) is 0 Å². The van der Waals surface area contributed by atoms with Gasteiger partial charge in [-0.25, -0.2) is 4.98 Å². The van der Waals surface area contributed by atoms with Gasteiger partial charge in [-0.1, -0.05) is 23.2 Å². The van der Waals surface area contributed by atoms with Gasteiger partial charge in [0.15, 0.2) is 0 Å². The van der Waals surface area contributed by atoms with Crippen LogP contribution < -0.4 is 5.32 Å². The van der Waals surface area contributed by atoms with Crippen LogP contribution in [0.25, 0.3) is 11.0 Å². The lowest BCUT2D eigenvalue weighted by atomic mass is 10.2. The minimum absolute atomic E-state index is 0.0262. The molecule has 0 aliphatic carbocycles. The van der Waals surface area contributed by atoms with Gasteiger partial charge in [0.25, 0.3) is 5.91 Å². The van der Waals surface area contributed by atoms with E-state index in [1.54, 1.807) is 18.2 Å². The summed E-state index contributed by atoms with van der Waals surface area (Å²) in [6.07, 6.45) is 2.04. The predicted octanol–water partition coefficient (Wildman–Crippen LogP) is 4.97. The first-order chi connectivity index (χ1) is 12.1. The summed E-state index contributed by atoms with van der Waals surface area (Å²) in [6.45, 7) is 0.769. The number of rotatable bonds is 3. The Labute approximate surface area is 154 Å². The van der Waals surface area contributed by atoms with Crippen LogP contribution in [0.3, 0.4) is 0 Å². The smallest absolute Gasteiger partial charge is 0.257 e. The van der Waals surface area contributed by atoms with Crippen LogP contribution in [0.2, 0.25) is 10.0 Å². The van der Waals surface area contributed by atoms with Crippen molar-refractivity contribution in [2.45, 2.75) is 18.9 Å². The van der Waals surface area contributed by atoms with E-state index in [9.17, 15) is 4.79 Å². The van der Waals surface area contributed by atoms with E-state index in [4.69, 9.17) is 27.9 Å². The molecule has 2 aromatic carbocycles. The molecule has 3 aromatic rings.